The fourth-order valence-electron chi connectivity index (χ4n) is 3.85. The molecule has 1 aromatic carbocycles. The fourth-order valence-corrected chi connectivity index (χ4v) is 5.52. The normalized spacial score (nSPS) is 20.3. The van der Waals surface area contributed by atoms with Crippen molar-refractivity contribution in [1.29, 1.82) is 0 Å². The Morgan fingerprint density at radius 2 is 1.63 bits per heavy atom. The Balaban J connectivity index is 1.35. The predicted octanol–water partition coefficient (Wildman–Crippen LogP) is 1.64. The van der Waals surface area contributed by atoms with Crippen LogP contribution >= 0.6 is 0 Å². The quantitative estimate of drug-likeness (QED) is 0.780. The van der Waals surface area contributed by atoms with E-state index in [4.69, 9.17) is 0 Å². The van der Waals surface area contributed by atoms with Crippen LogP contribution < -0.4 is 0 Å². The standard InChI is InChI=1S/C19H27N5O2S/c1-17-6-2-3-7-19(17)24-16-18(14-20-24)15-21-10-12-23(13-11-21)27(25,26)22-8-4-5-9-22/h2-3,6-7,14,16H,4-5,8-13,15H2,1H3. The van der Waals surface area contributed by atoms with Crippen LogP contribution in [-0.4, -0.2) is 71.0 Å². The second-order valence-corrected chi connectivity index (χ2v) is 9.30. The van der Waals surface area contributed by atoms with Crippen molar-refractivity contribution in [3.8, 4) is 5.69 Å². The zero-order valence-corrected chi connectivity index (χ0v) is 16.6. The Labute approximate surface area is 161 Å². The number of rotatable bonds is 5. The molecule has 0 aliphatic carbocycles. The van der Waals surface area contributed by atoms with Gasteiger partial charge in [-0.15, -0.1) is 0 Å². The van der Waals surface area contributed by atoms with E-state index >= 15 is 0 Å². The highest BCUT2D eigenvalue weighted by Gasteiger charge is 2.33. The molecule has 146 valence electrons. The number of hydrogen-bond acceptors (Lipinski definition) is 4. The average molecular weight is 390 g/mol. The zero-order chi connectivity index (χ0) is 18.9. The van der Waals surface area contributed by atoms with Gasteiger partial charge in [0.25, 0.3) is 10.2 Å². The SMILES string of the molecule is Cc1ccccc1-n1cc(CN2CCN(S(=O)(=O)N3CCCC3)CC2)cn1. The van der Waals surface area contributed by atoms with Crippen molar-refractivity contribution in [2.45, 2.75) is 26.3 Å². The first-order chi connectivity index (χ1) is 13.0. The first kappa shape index (κ1) is 18.6. The van der Waals surface area contributed by atoms with E-state index in [1.54, 1.807) is 8.61 Å². The molecule has 2 saturated heterocycles. The van der Waals surface area contributed by atoms with E-state index in [9.17, 15) is 8.42 Å². The number of benzene rings is 1. The zero-order valence-electron chi connectivity index (χ0n) is 15.8. The molecule has 4 rings (SSSR count). The number of para-hydroxylation sites is 1. The molecule has 2 aromatic rings. The molecule has 0 atom stereocenters. The summed E-state index contributed by atoms with van der Waals surface area (Å²) in [7, 11) is -3.27. The van der Waals surface area contributed by atoms with Crippen LogP contribution in [0, 0.1) is 6.92 Å². The molecule has 7 nitrogen and oxygen atoms in total. The van der Waals surface area contributed by atoms with Crippen molar-refractivity contribution in [2.24, 2.45) is 0 Å². The summed E-state index contributed by atoms with van der Waals surface area (Å²) in [5.41, 5.74) is 3.42. The van der Waals surface area contributed by atoms with Gasteiger partial charge in [-0.2, -0.15) is 22.1 Å². The molecule has 0 unspecified atom stereocenters. The lowest BCUT2D eigenvalue weighted by Crippen LogP contribution is -2.52. The van der Waals surface area contributed by atoms with Crippen LogP contribution in [0.1, 0.15) is 24.0 Å². The van der Waals surface area contributed by atoms with Gasteiger partial charge < -0.3 is 0 Å². The summed E-state index contributed by atoms with van der Waals surface area (Å²) in [4.78, 5) is 2.30. The maximum absolute atomic E-state index is 12.7. The minimum absolute atomic E-state index is 0.560. The van der Waals surface area contributed by atoms with Crippen LogP contribution in [0.2, 0.25) is 0 Å². The lowest BCUT2D eigenvalue weighted by Gasteiger charge is -2.35. The first-order valence-electron chi connectivity index (χ1n) is 9.61. The van der Waals surface area contributed by atoms with Gasteiger partial charge in [0.05, 0.1) is 11.9 Å². The Bertz CT molecular complexity index is 881. The molecule has 2 aliphatic rings. The largest absolute Gasteiger partial charge is 0.296 e. The van der Waals surface area contributed by atoms with Gasteiger partial charge in [-0.25, -0.2) is 4.68 Å². The van der Waals surface area contributed by atoms with Crippen LogP contribution in [-0.2, 0) is 16.8 Å². The van der Waals surface area contributed by atoms with E-state index in [0.29, 0.717) is 26.2 Å². The van der Waals surface area contributed by atoms with Crippen molar-refractivity contribution in [2.75, 3.05) is 39.3 Å². The molecule has 0 radical (unpaired) electrons. The van der Waals surface area contributed by atoms with E-state index in [2.05, 4.69) is 35.3 Å². The lowest BCUT2D eigenvalue weighted by atomic mass is 10.2. The summed E-state index contributed by atoms with van der Waals surface area (Å²) < 4.78 is 30.5. The predicted molar refractivity (Wildman–Crippen MR) is 105 cm³/mol. The average Bonchev–Trinajstić information content (AvgIpc) is 3.35. The van der Waals surface area contributed by atoms with Crippen LogP contribution in [0.4, 0.5) is 0 Å². The van der Waals surface area contributed by atoms with Crippen LogP contribution in [0.3, 0.4) is 0 Å². The van der Waals surface area contributed by atoms with Gasteiger partial charge in [0.15, 0.2) is 0 Å². The maximum atomic E-state index is 12.7. The van der Waals surface area contributed by atoms with E-state index in [-0.39, 0.29) is 0 Å². The fraction of sp³-hybridized carbons (Fsp3) is 0.526. The third-order valence-electron chi connectivity index (χ3n) is 5.45. The summed E-state index contributed by atoms with van der Waals surface area (Å²) >= 11 is 0. The molecule has 1 aromatic heterocycles. The van der Waals surface area contributed by atoms with Gasteiger partial charge in [-0.05, 0) is 31.4 Å². The molecule has 0 amide bonds. The number of piperazine rings is 1. The molecule has 0 N–H and O–H groups in total. The van der Waals surface area contributed by atoms with Gasteiger partial charge in [0, 0.05) is 57.6 Å². The van der Waals surface area contributed by atoms with E-state index < -0.39 is 10.2 Å². The highest BCUT2D eigenvalue weighted by molar-refractivity contribution is 7.86. The molecule has 3 heterocycles. The monoisotopic (exact) mass is 389 g/mol. The highest BCUT2D eigenvalue weighted by Crippen LogP contribution is 2.19. The molecule has 8 heteroatoms. The third kappa shape index (κ3) is 3.94. The molecule has 0 bridgehead atoms. The second kappa shape index (κ2) is 7.71. The minimum Gasteiger partial charge on any atom is -0.296 e. The molecular weight excluding hydrogens is 362 g/mol. The molecule has 2 aliphatic heterocycles. The lowest BCUT2D eigenvalue weighted by molar-refractivity contribution is 0.176. The number of nitrogens with zero attached hydrogens (tertiary/aromatic N) is 5. The maximum Gasteiger partial charge on any atom is 0.282 e. The second-order valence-electron chi connectivity index (χ2n) is 7.37. The Hall–Kier alpha value is -1.74. The summed E-state index contributed by atoms with van der Waals surface area (Å²) in [6, 6.07) is 8.19. The van der Waals surface area contributed by atoms with Crippen molar-refractivity contribution in [1.82, 2.24) is 23.3 Å². The molecular formula is C19H27N5O2S. The Kier molecular flexibility index (Phi) is 5.32. The Morgan fingerprint density at radius 1 is 0.963 bits per heavy atom. The van der Waals surface area contributed by atoms with Crippen LogP contribution in [0.25, 0.3) is 5.69 Å². The van der Waals surface area contributed by atoms with E-state index in [1.165, 1.54) is 5.56 Å². The van der Waals surface area contributed by atoms with Gasteiger partial charge in [0.2, 0.25) is 0 Å². The van der Waals surface area contributed by atoms with E-state index in [0.717, 1.165) is 43.7 Å². The highest BCUT2D eigenvalue weighted by atomic mass is 32.2. The van der Waals surface area contributed by atoms with Crippen LogP contribution in [0.5, 0.6) is 0 Å². The van der Waals surface area contributed by atoms with Gasteiger partial charge in [0.1, 0.15) is 0 Å². The molecule has 0 saturated carbocycles. The number of hydrogen-bond donors (Lipinski definition) is 0. The summed E-state index contributed by atoms with van der Waals surface area (Å²) in [5, 5.41) is 4.50. The van der Waals surface area contributed by atoms with Crippen molar-refractivity contribution >= 4 is 10.2 Å². The minimum atomic E-state index is -3.27. The topological polar surface area (TPSA) is 61.7 Å². The Morgan fingerprint density at radius 3 is 2.33 bits per heavy atom. The van der Waals surface area contributed by atoms with Crippen LogP contribution in [0.15, 0.2) is 36.7 Å². The van der Waals surface area contributed by atoms with Gasteiger partial charge >= 0.3 is 0 Å². The molecule has 0 spiro atoms. The summed E-state index contributed by atoms with van der Waals surface area (Å²) in [5.74, 6) is 0. The molecule has 2 fully saturated rings. The third-order valence-corrected chi connectivity index (χ3v) is 7.49. The number of aryl methyl sites for hydroxylation is 1. The van der Waals surface area contributed by atoms with Crippen molar-refractivity contribution < 1.29 is 8.42 Å². The van der Waals surface area contributed by atoms with Crippen molar-refractivity contribution in [3.63, 3.8) is 0 Å². The first-order valence-corrected chi connectivity index (χ1v) is 11.0. The smallest absolute Gasteiger partial charge is 0.282 e. The molecule has 27 heavy (non-hydrogen) atoms. The van der Waals surface area contributed by atoms with Gasteiger partial charge in [-0.1, -0.05) is 18.2 Å². The van der Waals surface area contributed by atoms with Gasteiger partial charge in [-0.3, -0.25) is 4.90 Å². The van der Waals surface area contributed by atoms with Crippen molar-refractivity contribution in [3.05, 3.63) is 47.8 Å². The number of aromatic nitrogens is 2. The summed E-state index contributed by atoms with van der Waals surface area (Å²) in [6.45, 7) is 6.84. The summed E-state index contributed by atoms with van der Waals surface area (Å²) in [6.07, 6.45) is 5.92. The van der Waals surface area contributed by atoms with E-state index in [1.807, 2.05) is 23.0 Å².